The molecule has 0 aromatic carbocycles. The van der Waals surface area contributed by atoms with Crippen LogP contribution in [0.1, 0.15) is 18.6 Å². The average molecular weight is 298 g/mol. The maximum atomic E-state index is 11.0. The molecule has 0 unspecified atom stereocenters. The first-order valence-electron chi connectivity index (χ1n) is 6.34. The third-order valence-corrected chi connectivity index (χ3v) is 3.58. The molecule has 0 amide bonds. The van der Waals surface area contributed by atoms with Gasteiger partial charge in [0.1, 0.15) is 5.76 Å². The standard InChI is InChI=1S/C12H18N4O3S/c13-20(17,18)12-4-3-11(19-12)9-14-5-1-2-7-16-8-6-15-10-16/h3-4,6,8,10,14H,1-2,5,7,9H2,(H2,13,17,18). The number of sulfonamides is 1. The first-order chi connectivity index (χ1) is 9.55. The molecular weight excluding hydrogens is 280 g/mol. The zero-order chi connectivity index (χ0) is 14.4. The number of aryl methyl sites for hydroxylation is 1. The second kappa shape index (κ2) is 6.69. The first kappa shape index (κ1) is 14.8. The number of furan rings is 1. The molecule has 0 aliphatic carbocycles. The summed E-state index contributed by atoms with van der Waals surface area (Å²) < 4.78 is 29.2. The van der Waals surface area contributed by atoms with Crippen molar-refractivity contribution in [2.24, 2.45) is 5.14 Å². The van der Waals surface area contributed by atoms with E-state index >= 15 is 0 Å². The maximum absolute atomic E-state index is 11.0. The van der Waals surface area contributed by atoms with Crippen LogP contribution in [0.4, 0.5) is 0 Å². The number of aromatic nitrogens is 2. The second-order valence-electron chi connectivity index (χ2n) is 4.45. The Labute approximate surface area is 117 Å². The molecule has 0 spiro atoms. The monoisotopic (exact) mass is 298 g/mol. The SMILES string of the molecule is NS(=O)(=O)c1ccc(CNCCCCn2ccnc2)o1. The molecule has 2 rings (SSSR count). The molecule has 0 atom stereocenters. The Kier molecular flexibility index (Phi) is 4.94. The maximum Gasteiger partial charge on any atom is 0.271 e. The summed E-state index contributed by atoms with van der Waals surface area (Å²) in [7, 11) is -3.75. The van der Waals surface area contributed by atoms with E-state index in [1.807, 2.05) is 10.8 Å². The van der Waals surface area contributed by atoms with Gasteiger partial charge < -0.3 is 14.3 Å². The van der Waals surface area contributed by atoms with Crippen LogP contribution in [-0.4, -0.2) is 24.5 Å². The van der Waals surface area contributed by atoms with Gasteiger partial charge in [-0.25, -0.2) is 18.5 Å². The summed E-state index contributed by atoms with van der Waals surface area (Å²) in [6.07, 6.45) is 7.55. The minimum atomic E-state index is -3.75. The number of hydrogen-bond acceptors (Lipinski definition) is 5. The van der Waals surface area contributed by atoms with Crippen LogP contribution in [0.5, 0.6) is 0 Å². The van der Waals surface area contributed by atoms with Crippen LogP contribution in [0.2, 0.25) is 0 Å². The lowest BCUT2D eigenvalue weighted by atomic mass is 10.3. The van der Waals surface area contributed by atoms with Gasteiger partial charge in [-0.3, -0.25) is 0 Å². The van der Waals surface area contributed by atoms with E-state index in [0.717, 1.165) is 25.9 Å². The highest BCUT2D eigenvalue weighted by Crippen LogP contribution is 2.11. The number of hydrogen-bond donors (Lipinski definition) is 2. The number of rotatable bonds is 8. The molecule has 2 heterocycles. The van der Waals surface area contributed by atoms with Gasteiger partial charge in [-0.1, -0.05) is 0 Å². The molecule has 2 aromatic heterocycles. The molecule has 3 N–H and O–H groups in total. The minimum absolute atomic E-state index is 0.200. The van der Waals surface area contributed by atoms with E-state index in [1.54, 1.807) is 18.6 Å². The van der Waals surface area contributed by atoms with E-state index in [-0.39, 0.29) is 5.09 Å². The van der Waals surface area contributed by atoms with Crippen molar-refractivity contribution in [1.82, 2.24) is 14.9 Å². The molecule has 0 aliphatic rings. The molecule has 0 saturated heterocycles. The second-order valence-corrected chi connectivity index (χ2v) is 5.94. The van der Waals surface area contributed by atoms with Crippen LogP contribution >= 0.6 is 0 Å². The van der Waals surface area contributed by atoms with Crippen LogP contribution in [0.25, 0.3) is 0 Å². The molecule has 7 nitrogen and oxygen atoms in total. The molecule has 8 heteroatoms. The van der Waals surface area contributed by atoms with Gasteiger partial charge in [0.25, 0.3) is 10.0 Å². The topological polar surface area (TPSA) is 103 Å². The summed E-state index contributed by atoms with van der Waals surface area (Å²) in [4.78, 5) is 3.97. The van der Waals surface area contributed by atoms with Gasteiger partial charge in [0, 0.05) is 18.9 Å². The largest absolute Gasteiger partial charge is 0.447 e. The third kappa shape index (κ3) is 4.48. The van der Waals surface area contributed by atoms with Gasteiger partial charge in [0.15, 0.2) is 0 Å². The molecule has 20 heavy (non-hydrogen) atoms. The van der Waals surface area contributed by atoms with Crippen LogP contribution < -0.4 is 10.5 Å². The predicted octanol–water partition coefficient (Wildman–Crippen LogP) is 0.693. The predicted molar refractivity (Wildman–Crippen MR) is 73.2 cm³/mol. The summed E-state index contributed by atoms with van der Waals surface area (Å²) in [5.41, 5.74) is 0. The molecule has 0 fully saturated rings. The van der Waals surface area contributed by atoms with Crippen LogP contribution in [-0.2, 0) is 23.1 Å². The lowest BCUT2D eigenvalue weighted by Gasteiger charge is -2.03. The van der Waals surface area contributed by atoms with Crippen molar-refractivity contribution >= 4 is 10.0 Å². The normalized spacial score (nSPS) is 11.8. The lowest BCUT2D eigenvalue weighted by Crippen LogP contribution is -2.15. The van der Waals surface area contributed by atoms with E-state index in [0.29, 0.717) is 12.3 Å². The van der Waals surface area contributed by atoms with Gasteiger partial charge >= 0.3 is 0 Å². The van der Waals surface area contributed by atoms with Crippen molar-refractivity contribution < 1.29 is 12.8 Å². The van der Waals surface area contributed by atoms with E-state index in [4.69, 9.17) is 9.56 Å². The molecule has 0 saturated carbocycles. The first-order valence-corrected chi connectivity index (χ1v) is 7.88. The van der Waals surface area contributed by atoms with Crippen molar-refractivity contribution in [2.75, 3.05) is 6.54 Å². The van der Waals surface area contributed by atoms with Gasteiger partial charge in [-0.2, -0.15) is 0 Å². The highest BCUT2D eigenvalue weighted by molar-refractivity contribution is 7.89. The number of imidazole rings is 1. The van der Waals surface area contributed by atoms with E-state index in [2.05, 4.69) is 10.3 Å². The van der Waals surface area contributed by atoms with Gasteiger partial charge in [-0.15, -0.1) is 0 Å². The summed E-state index contributed by atoms with van der Waals surface area (Å²) in [6.45, 7) is 2.26. The van der Waals surface area contributed by atoms with Crippen molar-refractivity contribution in [2.45, 2.75) is 31.0 Å². The number of nitrogens with two attached hydrogens (primary N) is 1. The van der Waals surface area contributed by atoms with Gasteiger partial charge in [0.05, 0.1) is 12.9 Å². The Bertz CT molecular complexity index is 619. The Morgan fingerprint density at radius 1 is 1.35 bits per heavy atom. The molecule has 2 aromatic rings. The number of unbranched alkanes of at least 4 members (excludes halogenated alkanes) is 1. The summed E-state index contributed by atoms with van der Waals surface area (Å²) in [5, 5.41) is 7.95. The fourth-order valence-corrected chi connectivity index (χ4v) is 2.26. The average Bonchev–Trinajstić information content (AvgIpc) is 3.04. The molecule has 0 aliphatic heterocycles. The highest BCUT2D eigenvalue weighted by atomic mass is 32.2. The fourth-order valence-electron chi connectivity index (χ4n) is 1.78. The minimum Gasteiger partial charge on any atom is -0.447 e. The molecular formula is C12H18N4O3S. The van der Waals surface area contributed by atoms with E-state index in [1.165, 1.54) is 6.07 Å². The Morgan fingerprint density at radius 3 is 2.85 bits per heavy atom. The van der Waals surface area contributed by atoms with Gasteiger partial charge in [0.2, 0.25) is 5.09 Å². The highest BCUT2D eigenvalue weighted by Gasteiger charge is 2.12. The van der Waals surface area contributed by atoms with Crippen molar-refractivity contribution in [3.05, 3.63) is 36.6 Å². The summed E-state index contributed by atoms with van der Waals surface area (Å²) in [5.74, 6) is 0.559. The Balaban J connectivity index is 1.62. The number of primary sulfonamides is 1. The van der Waals surface area contributed by atoms with E-state index in [9.17, 15) is 8.42 Å². The fraction of sp³-hybridized carbons (Fsp3) is 0.417. The van der Waals surface area contributed by atoms with Crippen molar-refractivity contribution in [3.8, 4) is 0 Å². The smallest absolute Gasteiger partial charge is 0.271 e. The summed E-state index contributed by atoms with van der Waals surface area (Å²) in [6, 6.07) is 2.98. The zero-order valence-corrected chi connectivity index (χ0v) is 11.8. The number of nitrogens with zero attached hydrogens (tertiary/aromatic N) is 2. The molecule has 0 radical (unpaired) electrons. The third-order valence-electron chi connectivity index (χ3n) is 2.80. The van der Waals surface area contributed by atoms with Crippen molar-refractivity contribution in [3.63, 3.8) is 0 Å². The van der Waals surface area contributed by atoms with Crippen LogP contribution in [0.3, 0.4) is 0 Å². The molecule has 0 bridgehead atoms. The quantitative estimate of drug-likeness (QED) is 0.698. The molecule has 110 valence electrons. The summed E-state index contributed by atoms with van der Waals surface area (Å²) >= 11 is 0. The van der Waals surface area contributed by atoms with E-state index < -0.39 is 10.0 Å². The number of nitrogens with one attached hydrogen (secondary N) is 1. The Morgan fingerprint density at radius 2 is 2.20 bits per heavy atom. The van der Waals surface area contributed by atoms with Crippen LogP contribution in [0.15, 0.2) is 40.4 Å². The van der Waals surface area contributed by atoms with Gasteiger partial charge in [-0.05, 0) is 31.5 Å². The lowest BCUT2D eigenvalue weighted by molar-refractivity contribution is 0.401. The zero-order valence-electron chi connectivity index (χ0n) is 11.0. The Hall–Kier alpha value is -1.64. The van der Waals surface area contributed by atoms with Crippen LogP contribution in [0, 0.1) is 0 Å². The van der Waals surface area contributed by atoms with Crippen molar-refractivity contribution in [1.29, 1.82) is 0 Å².